The van der Waals surface area contributed by atoms with Crippen LogP contribution < -0.4 is 11.1 Å². The number of allylic oxidation sites excluding steroid dienone is 1. The molecule has 32 heavy (non-hydrogen) atoms. The van der Waals surface area contributed by atoms with E-state index in [0.29, 0.717) is 22.5 Å². The molecule has 4 N–H and O–H groups in total. The summed E-state index contributed by atoms with van der Waals surface area (Å²) in [5.41, 5.74) is 8.44. The molecule has 2 aliphatic rings. The van der Waals surface area contributed by atoms with E-state index >= 15 is 0 Å². The van der Waals surface area contributed by atoms with Crippen LogP contribution in [-0.2, 0) is 0 Å². The minimum Gasteiger partial charge on any atom is -0.506 e. The summed E-state index contributed by atoms with van der Waals surface area (Å²) in [4.78, 5) is 12.3. The number of hydrogen-bond donors (Lipinski definition) is 3. The number of aromatic nitrogens is 4. The first-order valence-corrected chi connectivity index (χ1v) is 11.1. The van der Waals surface area contributed by atoms with Crippen molar-refractivity contribution in [3.63, 3.8) is 0 Å². The van der Waals surface area contributed by atoms with E-state index in [0.717, 1.165) is 35.9 Å². The van der Waals surface area contributed by atoms with Gasteiger partial charge in [0.2, 0.25) is 5.95 Å². The zero-order chi connectivity index (χ0) is 23.5. The summed E-state index contributed by atoms with van der Waals surface area (Å²) >= 11 is 0. The van der Waals surface area contributed by atoms with Crippen molar-refractivity contribution in [2.45, 2.75) is 65.5 Å². The van der Waals surface area contributed by atoms with Gasteiger partial charge in [-0.05, 0) is 64.0 Å². The number of rotatable bonds is 2. The largest absolute Gasteiger partial charge is 0.506 e. The molecule has 0 aliphatic carbocycles. The molecular weight excluding hydrogens is 402 g/mol. The maximum atomic E-state index is 10.1. The number of dihydropyridines is 1. The summed E-state index contributed by atoms with van der Waals surface area (Å²) in [6, 6.07) is 1.63. The first-order chi connectivity index (χ1) is 15.0. The number of nitrogens with two attached hydrogens (primary N) is 1. The Morgan fingerprint density at radius 3 is 2.41 bits per heavy atom. The third-order valence-electron chi connectivity index (χ3n) is 6.36. The highest BCUT2D eigenvalue weighted by Crippen LogP contribution is 2.37. The van der Waals surface area contributed by atoms with Crippen LogP contribution in [-0.4, -0.2) is 49.1 Å². The fraction of sp³-hybridized carbons (Fsp3) is 0.542. The number of aromatic hydroxyl groups is 1. The summed E-state index contributed by atoms with van der Waals surface area (Å²) in [6.07, 6.45) is 9.11. The van der Waals surface area contributed by atoms with Gasteiger partial charge in [-0.2, -0.15) is 0 Å². The van der Waals surface area contributed by atoms with E-state index in [2.05, 4.69) is 78.1 Å². The minimum atomic E-state index is 0.0169. The van der Waals surface area contributed by atoms with Gasteiger partial charge in [0.25, 0.3) is 0 Å². The summed E-state index contributed by atoms with van der Waals surface area (Å²) in [5, 5.41) is 21.3. The Kier molecular flexibility index (Phi) is 6.93. The van der Waals surface area contributed by atoms with Crippen LogP contribution in [0.4, 0.5) is 5.95 Å². The second-order valence-electron chi connectivity index (χ2n) is 9.98. The minimum absolute atomic E-state index is 0.0169. The average molecular weight is 438 g/mol. The van der Waals surface area contributed by atoms with Gasteiger partial charge in [0, 0.05) is 35.6 Å². The molecule has 172 valence electrons. The maximum absolute atomic E-state index is 10.1. The highest BCUT2D eigenvalue weighted by molar-refractivity contribution is 6.10. The van der Waals surface area contributed by atoms with E-state index in [9.17, 15) is 5.11 Å². The van der Waals surface area contributed by atoms with Gasteiger partial charge in [-0.25, -0.2) is 9.97 Å². The van der Waals surface area contributed by atoms with Gasteiger partial charge in [-0.15, -0.1) is 10.2 Å². The Balaban J connectivity index is 0.000000207. The first-order valence-electron chi connectivity index (χ1n) is 11.1. The van der Waals surface area contributed by atoms with Crippen LogP contribution in [0.3, 0.4) is 0 Å². The summed E-state index contributed by atoms with van der Waals surface area (Å²) in [6.45, 7) is 14.8. The van der Waals surface area contributed by atoms with E-state index in [1.165, 1.54) is 12.6 Å². The zero-order valence-corrected chi connectivity index (χ0v) is 19.9. The Hall–Kier alpha value is -2.87. The second-order valence-corrected chi connectivity index (χ2v) is 9.98. The zero-order valence-electron chi connectivity index (χ0n) is 19.9. The highest BCUT2D eigenvalue weighted by Gasteiger charge is 2.41. The smallest absolute Gasteiger partial charge is 0.240 e. The summed E-state index contributed by atoms with van der Waals surface area (Å²) in [7, 11) is 0. The van der Waals surface area contributed by atoms with E-state index in [1.54, 1.807) is 18.5 Å². The molecule has 8 heteroatoms. The first kappa shape index (κ1) is 23.8. The van der Waals surface area contributed by atoms with E-state index in [1.807, 2.05) is 0 Å². The topological polar surface area (TPSA) is 122 Å². The molecule has 0 spiro atoms. The van der Waals surface area contributed by atoms with E-state index in [4.69, 9.17) is 5.73 Å². The van der Waals surface area contributed by atoms with Crippen LogP contribution >= 0.6 is 0 Å². The van der Waals surface area contributed by atoms with Gasteiger partial charge in [0.05, 0.1) is 6.20 Å². The van der Waals surface area contributed by atoms with Crippen LogP contribution in [0.25, 0.3) is 17.0 Å². The monoisotopic (exact) mass is 437 g/mol. The lowest BCUT2D eigenvalue weighted by Gasteiger charge is -2.50. The lowest BCUT2D eigenvalue weighted by molar-refractivity contribution is 0.0734. The molecule has 8 nitrogen and oxygen atoms in total. The second kappa shape index (κ2) is 9.32. The molecular formula is C24H35N7O. The van der Waals surface area contributed by atoms with Crippen molar-refractivity contribution < 1.29 is 5.11 Å². The molecule has 0 saturated carbocycles. The predicted molar refractivity (Wildman–Crippen MR) is 129 cm³/mol. The summed E-state index contributed by atoms with van der Waals surface area (Å²) in [5.74, 6) is 1.69. The predicted octanol–water partition coefficient (Wildman–Crippen LogP) is 3.89. The standard InChI is InChI=1S/C13H12N6O.C11H23N/c14-13-17-7-10(18-19-13)12-11(20)4-9(6-16-12)8-2-1-3-15-5-8;1-8-7-10(3,4)12-11(5,6)9(8)2/h2,4-7,20H,1,3H2,(H2,14,17,19);8-9,12H,7H2,1-6H3/t;8-,9-/m.0/s1. The van der Waals surface area contributed by atoms with Crippen LogP contribution in [0, 0.1) is 11.8 Å². The number of nitrogens with zero attached hydrogens (tertiary/aromatic N) is 5. The number of anilines is 1. The number of piperidine rings is 1. The van der Waals surface area contributed by atoms with E-state index in [-0.39, 0.29) is 11.7 Å². The highest BCUT2D eigenvalue weighted by atomic mass is 16.3. The van der Waals surface area contributed by atoms with Crippen LogP contribution in [0.2, 0.25) is 0 Å². The van der Waals surface area contributed by atoms with Crippen LogP contribution in [0.15, 0.2) is 29.5 Å². The molecule has 4 heterocycles. The average Bonchev–Trinajstić information content (AvgIpc) is 2.73. The van der Waals surface area contributed by atoms with Gasteiger partial charge in [-0.1, -0.05) is 19.9 Å². The normalized spacial score (nSPS) is 23.6. The molecule has 1 saturated heterocycles. The molecule has 2 aromatic rings. The Morgan fingerprint density at radius 1 is 1.09 bits per heavy atom. The van der Waals surface area contributed by atoms with Crippen LogP contribution in [0.5, 0.6) is 5.75 Å². The third-order valence-corrected chi connectivity index (χ3v) is 6.36. The third kappa shape index (κ3) is 5.68. The molecule has 4 rings (SSSR count). The van der Waals surface area contributed by atoms with Crippen molar-refractivity contribution in [1.82, 2.24) is 25.5 Å². The van der Waals surface area contributed by atoms with E-state index < -0.39 is 0 Å². The van der Waals surface area contributed by atoms with Gasteiger partial charge in [0.15, 0.2) is 0 Å². The molecule has 0 radical (unpaired) electrons. The number of pyridine rings is 1. The number of aliphatic imine (C=N–C) groups is 1. The molecule has 0 bridgehead atoms. The summed E-state index contributed by atoms with van der Waals surface area (Å²) < 4.78 is 0. The molecule has 0 amide bonds. The van der Waals surface area contributed by atoms with Gasteiger partial charge in [0.1, 0.15) is 17.1 Å². The quantitative estimate of drug-likeness (QED) is 0.651. The lowest BCUT2D eigenvalue weighted by Crippen LogP contribution is -2.61. The van der Waals surface area contributed by atoms with Crippen LogP contribution in [0.1, 0.15) is 59.9 Å². The van der Waals surface area contributed by atoms with Crippen molar-refractivity contribution in [3.05, 3.63) is 30.1 Å². The molecule has 2 aliphatic heterocycles. The molecule has 1 fully saturated rings. The fourth-order valence-electron chi connectivity index (χ4n) is 4.63. The van der Waals surface area contributed by atoms with Gasteiger partial charge in [-0.3, -0.25) is 4.99 Å². The van der Waals surface area contributed by atoms with Gasteiger partial charge < -0.3 is 16.2 Å². The number of hydrogen-bond acceptors (Lipinski definition) is 8. The fourth-order valence-corrected chi connectivity index (χ4v) is 4.63. The van der Waals surface area contributed by atoms with Crippen molar-refractivity contribution in [2.75, 3.05) is 12.3 Å². The van der Waals surface area contributed by atoms with Crippen molar-refractivity contribution >= 4 is 17.7 Å². The van der Waals surface area contributed by atoms with Crippen molar-refractivity contribution in [2.24, 2.45) is 16.8 Å². The SMILES string of the molecule is C[C@H]1CC(C)(C)NC(C)(C)[C@H]1C.Nc1ncc(-c2ncc(C3=CCCN=C3)cc2O)nn1. The Labute approximate surface area is 190 Å². The van der Waals surface area contributed by atoms with Crippen molar-refractivity contribution in [3.8, 4) is 17.1 Å². The maximum Gasteiger partial charge on any atom is 0.240 e. The Morgan fingerprint density at radius 2 is 1.84 bits per heavy atom. The lowest BCUT2D eigenvalue weighted by atomic mass is 9.69. The molecule has 2 aromatic heterocycles. The van der Waals surface area contributed by atoms with Crippen molar-refractivity contribution in [1.29, 1.82) is 0 Å². The number of nitrogen functional groups attached to an aromatic ring is 1. The molecule has 0 unspecified atom stereocenters. The molecule has 0 aromatic carbocycles. The van der Waals surface area contributed by atoms with Gasteiger partial charge >= 0.3 is 0 Å². The Bertz CT molecular complexity index is 996. The number of nitrogens with one attached hydrogen (secondary N) is 1. The molecule has 2 atom stereocenters.